The molecule has 2 aliphatic rings. The Morgan fingerprint density at radius 1 is 0.655 bits per heavy atom. The molecule has 29 heavy (non-hydrogen) atoms. The van der Waals surface area contributed by atoms with E-state index in [9.17, 15) is 62.3 Å². The monoisotopic (exact) mass is 454 g/mol. The Morgan fingerprint density at radius 2 is 0.966 bits per heavy atom. The normalized spacial score (nSPS) is 28.7. The number of ether oxygens (including phenoxy) is 2. The van der Waals surface area contributed by atoms with Crippen LogP contribution < -0.4 is 0 Å². The van der Waals surface area contributed by atoms with Crippen LogP contribution in [0, 0.1) is 0 Å². The summed E-state index contributed by atoms with van der Waals surface area (Å²) in [5.74, 6) is -38.3. The van der Waals surface area contributed by atoms with Gasteiger partial charge >= 0.3 is 47.5 Å². The molecule has 2 saturated carbocycles. The molecular weight excluding hydrogens is 448 g/mol. The number of rotatable bonds is 4. The number of hydrogen-bond donors (Lipinski definition) is 0. The second kappa shape index (κ2) is 5.93. The molecule has 2 rings (SSSR count). The van der Waals surface area contributed by atoms with Gasteiger partial charge in [-0.2, -0.15) is 52.7 Å². The first-order chi connectivity index (χ1) is 12.7. The molecule has 0 N–H and O–H groups in total. The maximum Gasteiger partial charge on any atom is 0.380 e. The minimum Gasteiger partial charge on any atom is -0.446 e. The third-order valence-corrected chi connectivity index (χ3v) is 4.11. The van der Waals surface area contributed by atoms with Gasteiger partial charge in [0.05, 0.1) is 0 Å². The lowest BCUT2D eigenvalue weighted by atomic mass is 9.80. The van der Waals surface area contributed by atoms with E-state index in [-0.39, 0.29) is 6.08 Å². The average molecular weight is 454 g/mol. The van der Waals surface area contributed by atoms with Crippen LogP contribution in [0.5, 0.6) is 0 Å². The molecule has 4 nitrogen and oxygen atoms in total. The summed E-state index contributed by atoms with van der Waals surface area (Å²) in [7, 11) is 0. The summed E-state index contributed by atoms with van der Waals surface area (Å²) >= 11 is 0. The average Bonchev–Trinajstić information content (AvgIpc) is 2.55. The molecule has 0 aromatic rings. The van der Waals surface area contributed by atoms with E-state index in [1.807, 2.05) is 0 Å². The lowest BCUT2D eigenvalue weighted by Gasteiger charge is -2.48. The van der Waals surface area contributed by atoms with Gasteiger partial charge < -0.3 is 9.47 Å². The molecule has 0 radical (unpaired) electrons. The number of carbonyl (C=O) groups excluding carboxylic acids is 2. The van der Waals surface area contributed by atoms with Gasteiger partial charge in [-0.3, -0.25) is 0 Å². The van der Waals surface area contributed by atoms with Crippen molar-refractivity contribution in [2.75, 3.05) is 0 Å². The quantitative estimate of drug-likeness (QED) is 0.370. The summed E-state index contributed by atoms with van der Waals surface area (Å²) in [5.41, 5.74) is -1.31. The van der Waals surface area contributed by atoms with Crippen molar-refractivity contribution in [2.24, 2.45) is 0 Å². The Bertz CT molecular complexity index is 736. The molecule has 0 bridgehead atoms. The maximum atomic E-state index is 13.0. The largest absolute Gasteiger partial charge is 0.446 e. The fourth-order valence-corrected chi connectivity index (χ4v) is 2.28. The Kier molecular flexibility index (Phi) is 4.73. The zero-order chi connectivity index (χ0) is 23.0. The van der Waals surface area contributed by atoms with Crippen LogP contribution in [0.4, 0.5) is 52.7 Å². The number of hydrogen-bond acceptors (Lipinski definition) is 4. The van der Waals surface area contributed by atoms with Crippen LogP contribution in [0.3, 0.4) is 0 Å². The van der Waals surface area contributed by atoms with E-state index < -0.39 is 65.3 Å². The van der Waals surface area contributed by atoms with E-state index in [0.717, 1.165) is 0 Å². The molecular formula is C13H6F12O4. The summed E-state index contributed by atoms with van der Waals surface area (Å²) in [6.45, 7) is 0.419. The zero-order valence-corrected chi connectivity index (χ0v) is 13.4. The molecule has 2 aliphatic carbocycles. The van der Waals surface area contributed by atoms with Crippen molar-refractivity contribution >= 4 is 11.9 Å². The molecule has 0 aromatic carbocycles. The lowest BCUT2D eigenvalue weighted by Crippen LogP contribution is -2.79. The molecule has 0 heterocycles. The zero-order valence-electron chi connectivity index (χ0n) is 13.4. The van der Waals surface area contributed by atoms with Crippen LogP contribution in [0.25, 0.3) is 0 Å². The topological polar surface area (TPSA) is 52.6 Å². The van der Waals surface area contributed by atoms with Gasteiger partial charge in [-0.1, -0.05) is 0 Å². The predicted octanol–water partition coefficient (Wildman–Crippen LogP) is 3.60. The van der Waals surface area contributed by atoms with E-state index in [1.165, 1.54) is 0 Å². The first-order valence-corrected chi connectivity index (χ1v) is 7.04. The fourth-order valence-electron chi connectivity index (χ4n) is 2.28. The first kappa shape index (κ1) is 23.1. The standard InChI is InChI=1S/C13H6F12O4/c1-3(5(27)29-7-10(18,19)13(24,25)11(7,20)21)2-4(26)28-6-8(14,15)12(22,23)9(6,16)17/h2,6-7H,1H3/b3-2+. The third kappa shape index (κ3) is 2.69. The SMILES string of the molecule is C/C(=C\C(=O)OC1C(F)(F)C(F)(F)C1(F)F)C(=O)OC1C(F)(F)C(F)(F)C1(F)F. The van der Waals surface area contributed by atoms with Crippen molar-refractivity contribution in [2.45, 2.75) is 54.7 Å². The molecule has 2 fully saturated rings. The molecule has 0 atom stereocenters. The Morgan fingerprint density at radius 3 is 1.31 bits per heavy atom. The van der Waals surface area contributed by atoms with Gasteiger partial charge in [0.15, 0.2) is 0 Å². The van der Waals surface area contributed by atoms with Gasteiger partial charge in [0, 0.05) is 11.6 Å². The van der Waals surface area contributed by atoms with Crippen LogP contribution in [-0.2, 0) is 19.1 Å². The number of alkyl halides is 12. The van der Waals surface area contributed by atoms with Crippen LogP contribution >= 0.6 is 0 Å². The Hall–Kier alpha value is -2.16. The molecule has 166 valence electrons. The van der Waals surface area contributed by atoms with Crippen LogP contribution in [0.15, 0.2) is 11.6 Å². The summed E-state index contributed by atoms with van der Waals surface area (Å²) in [6.07, 6.45) is -8.23. The van der Waals surface area contributed by atoms with Crippen molar-refractivity contribution in [1.29, 1.82) is 0 Å². The molecule has 0 spiro atoms. The highest BCUT2D eigenvalue weighted by Crippen LogP contribution is 2.63. The highest BCUT2D eigenvalue weighted by Gasteiger charge is 2.93. The summed E-state index contributed by atoms with van der Waals surface area (Å²) in [5, 5.41) is 0. The van der Waals surface area contributed by atoms with Crippen LogP contribution in [0.2, 0.25) is 0 Å². The minimum absolute atomic E-state index is 0.307. The molecule has 0 aromatic heterocycles. The highest BCUT2D eigenvalue weighted by atomic mass is 19.4. The van der Waals surface area contributed by atoms with Crippen molar-refractivity contribution in [3.63, 3.8) is 0 Å². The van der Waals surface area contributed by atoms with E-state index in [2.05, 4.69) is 9.47 Å². The van der Waals surface area contributed by atoms with Gasteiger partial charge in [0.25, 0.3) is 0 Å². The van der Waals surface area contributed by atoms with E-state index in [4.69, 9.17) is 0 Å². The lowest BCUT2D eigenvalue weighted by molar-refractivity contribution is -0.445. The van der Waals surface area contributed by atoms with Gasteiger partial charge in [-0.25, -0.2) is 9.59 Å². The summed E-state index contributed by atoms with van der Waals surface area (Å²) in [4.78, 5) is 22.6. The number of halogens is 12. The fraction of sp³-hybridized carbons (Fsp3) is 0.692. The molecule has 0 aliphatic heterocycles. The predicted molar refractivity (Wildman–Crippen MR) is 63.2 cm³/mol. The van der Waals surface area contributed by atoms with E-state index in [1.54, 1.807) is 0 Å². The van der Waals surface area contributed by atoms with Crippen molar-refractivity contribution < 1.29 is 71.7 Å². The van der Waals surface area contributed by atoms with Gasteiger partial charge in [0.1, 0.15) is 0 Å². The van der Waals surface area contributed by atoms with Crippen molar-refractivity contribution in [3.05, 3.63) is 11.6 Å². The number of carbonyl (C=O) groups is 2. The summed E-state index contributed by atoms with van der Waals surface area (Å²) in [6, 6.07) is 0. The Balaban J connectivity index is 2.08. The molecule has 0 amide bonds. The van der Waals surface area contributed by atoms with Crippen LogP contribution in [-0.4, -0.2) is 59.7 Å². The van der Waals surface area contributed by atoms with Gasteiger partial charge in [-0.05, 0) is 6.92 Å². The van der Waals surface area contributed by atoms with E-state index >= 15 is 0 Å². The second-order valence-electron chi connectivity index (χ2n) is 6.07. The van der Waals surface area contributed by atoms with E-state index in [0.29, 0.717) is 6.92 Å². The smallest absolute Gasteiger partial charge is 0.380 e. The second-order valence-corrected chi connectivity index (χ2v) is 6.07. The van der Waals surface area contributed by atoms with Gasteiger partial charge in [-0.15, -0.1) is 0 Å². The first-order valence-electron chi connectivity index (χ1n) is 7.04. The van der Waals surface area contributed by atoms with Crippen molar-refractivity contribution in [3.8, 4) is 0 Å². The molecule has 16 heteroatoms. The maximum absolute atomic E-state index is 13.0. The molecule has 0 saturated heterocycles. The Labute approximate surface area is 151 Å². The third-order valence-electron chi connectivity index (χ3n) is 4.11. The van der Waals surface area contributed by atoms with Crippen molar-refractivity contribution in [1.82, 2.24) is 0 Å². The van der Waals surface area contributed by atoms with Gasteiger partial charge in [0.2, 0.25) is 12.2 Å². The minimum atomic E-state index is -5.87. The summed E-state index contributed by atoms with van der Waals surface area (Å²) < 4.78 is 161. The molecule has 0 unspecified atom stereocenters. The van der Waals surface area contributed by atoms with Crippen LogP contribution in [0.1, 0.15) is 6.92 Å². The highest BCUT2D eigenvalue weighted by molar-refractivity contribution is 5.96. The number of esters is 2.